The minimum atomic E-state index is -0.866. The Morgan fingerprint density at radius 3 is 2.38 bits per heavy atom. The second-order valence-corrected chi connectivity index (χ2v) is 21.5. The monoisotopic (exact) mass is 1070 g/mol. The highest BCUT2D eigenvalue weighted by molar-refractivity contribution is 7.13. The van der Waals surface area contributed by atoms with Crippen LogP contribution in [0.15, 0.2) is 101 Å². The molecule has 7 aromatic rings. The number of nitrogens with two attached hydrogens (primary N) is 1. The quantitative estimate of drug-likeness (QED) is 0.0719. The molecule has 5 aromatic heterocycles. The van der Waals surface area contributed by atoms with E-state index in [1.54, 1.807) is 48.1 Å². The van der Waals surface area contributed by atoms with Crippen molar-refractivity contribution in [2.45, 2.75) is 108 Å². The van der Waals surface area contributed by atoms with Gasteiger partial charge in [-0.1, -0.05) is 56.2 Å². The number of phenols is 1. The third-order valence-electron chi connectivity index (χ3n) is 15.0. The van der Waals surface area contributed by atoms with E-state index in [-0.39, 0.29) is 90.9 Å². The number of carbonyl (C=O) groups excluding carboxylic acids is 2. The smallest absolute Gasteiger partial charge is 0.255 e. The number of nitrogens with one attached hydrogen (secondary N) is 1. The Balaban J connectivity index is 0.627. The molecule has 0 spiro atoms. The van der Waals surface area contributed by atoms with Gasteiger partial charge in [0.1, 0.15) is 29.9 Å². The molecule has 3 saturated heterocycles. The first-order valence-electron chi connectivity index (χ1n) is 26.3. The number of ether oxygens (including phenoxy) is 3. The summed E-state index contributed by atoms with van der Waals surface area (Å²) in [5, 5.41) is 36.8. The number of aryl methyl sites for hydroxylation is 1. The number of rotatable bonds is 16. The number of hydrogen-bond acceptors (Lipinski definition) is 19. The van der Waals surface area contributed by atoms with Gasteiger partial charge in [-0.2, -0.15) is 0 Å². The minimum Gasteiger partial charge on any atom is -0.507 e. The first kappa shape index (κ1) is 51.7. The molecule has 5 N–H and O–H groups in total. The lowest BCUT2D eigenvalue weighted by Gasteiger charge is -2.43. The van der Waals surface area contributed by atoms with Gasteiger partial charge in [-0.25, -0.2) is 19.9 Å². The largest absolute Gasteiger partial charge is 0.507 e. The van der Waals surface area contributed by atoms with Crippen LogP contribution in [0.3, 0.4) is 0 Å². The summed E-state index contributed by atoms with van der Waals surface area (Å²) in [5.74, 6) is 6.38. The van der Waals surface area contributed by atoms with Crippen molar-refractivity contribution in [3.63, 3.8) is 0 Å². The van der Waals surface area contributed by atoms with Crippen LogP contribution in [0.1, 0.15) is 87.7 Å². The van der Waals surface area contributed by atoms with Gasteiger partial charge in [0.25, 0.3) is 5.88 Å². The second kappa shape index (κ2) is 22.3. The highest BCUT2D eigenvalue weighted by Crippen LogP contribution is 2.41. The normalized spacial score (nSPS) is 21.3. The Morgan fingerprint density at radius 2 is 1.65 bits per heavy atom. The van der Waals surface area contributed by atoms with Crippen molar-refractivity contribution < 1.29 is 38.5 Å². The van der Waals surface area contributed by atoms with E-state index < -0.39 is 18.1 Å². The van der Waals surface area contributed by atoms with Crippen molar-refractivity contribution in [2.24, 2.45) is 5.92 Å². The van der Waals surface area contributed by atoms with E-state index in [9.17, 15) is 19.8 Å². The zero-order chi connectivity index (χ0) is 54.0. The van der Waals surface area contributed by atoms with Gasteiger partial charge in [-0.3, -0.25) is 9.59 Å². The molecule has 11 rings (SSSR count). The van der Waals surface area contributed by atoms with E-state index in [2.05, 4.69) is 62.2 Å². The number of benzene rings is 2. The fraction of sp³-hybridized carbons (Fsp3) is 0.386. The third-order valence-corrected chi connectivity index (χ3v) is 15.9. The molecule has 2 bridgehead atoms. The number of aromatic hydroxyl groups is 1. The lowest BCUT2D eigenvalue weighted by Crippen LogP contribution is -2.54. The number of nitrogen functional groups attached to an aromatic ring is 1. The second-order valence-electron chi connectivity index (χ2n) is 20.7. The van der Waals surface area contributed by atoms with Gasteiger partial charge < -0.3 is 54.7 Å². The number of anilines is 3. The van der Waals surface area contributed by atoms with Crippen LogP contribution < -0.4 is 35.1 Å². The summed E-state index contributed by atoms with van der Waals surface area (Å²) < 4.78 is 23.9. The molecule has 20 nitrogen and oxygen atoms in total. The lowest BCUT2D eigenvalue weighted by molar-refractivity contribution is -0.141. The molecular formula is C57H60N12O8S. The number of carbonyl (C=O) groups is 2. The van der Waals surface area contributed by atoms with Crippen molar-refractivity contribution in [3.8, 4) is 56.8 Å². The molecule has 1 unspecified atom stereocenters. The predicted octanol–water partition coefficient (Wildman–Crippen LogP) is 6.89. The van der Waals surface area contributed by atoms with Crippen LogP contribution in [0, 0.1) is 24.7 Å². The molecule has 78 heavy (non-hydrogen) atoms. The van der Waals surface area contributed by atoms with E-state index in [1.165, 1.54) is 4.90 Å². The SMILES string of the molecule is Cc1ncsc1-c1ccc([C@H](C)NC(=O)[C@@H]2C[C@@H](O)CN2C(=O)[C@@H](c2cc(OCC#Cc3ncc(OC4CC(Oc5cc(N6C7CC[C@@H]6CN(c6cc(-c8ccccc8O)nnc6N)C7)ccn5)C4)cn3)no2)C(C)C)cc1. The van der Waals surface area contributed by atoms with Crippen LogP contribution in [-0.4, -0.2) is 125 Å². The Bertz CT molecular complexity index is 3330. The molecule has 1 saturated carbocycles. The van der Waals surface area contributed by atoms with Gasteiger partial charge in [0, 0.05) is 80.6 Å². The molecule has 2 aromatic carbocycles. The van der Waals surface area contributed by atoms with Crippen LogP contribution >= 0.6 is 11.3 Å². The molecule has 2 amide bonds. The number of aromatic nitrogens is 7. The molecule has 6 atom stereocenters. The van der Waals surface area contributed by atoms with E-state index in [4.69, 9.17) is 24.5 Å². The van der Waals surface area contributed by atoms with E-state index in [0.29, 0.717) is 41.5 Å². The summed E-state index contributed by atoms with van der Waals surface area (Å²) in [7, 11) is 0. The van der Waals surface area contributed by atoms with Gasteiger partial charge in [0.15, 0.2) is 23.9 Å². The van der Waals surface area contributed by atoms with Crippen LogP contribution in [-0.2, 0) is 9.59 Å². The zero-order valence-corrected chi connectivity index (χ0v) is 44.4. The van der Waals surface area contributed by atoms with Crippen molar-refractivity contribution >= 4 is 40.3 Å². The topological polar surface area (TPSA) is 253 Å². The maximum absolute atomic E-state index is 14.2. The zero-order valence-electron chi connectivity index (χ0n) is 43.6. The highest BCUT2D eigenvalue weighted by atomic mass is 32.1. The standard InChI is InChI=1S/C57H60N12O8S/c1-32(2)53(57(73)68-30-40(70)21-47(68)56(72)63-33(3)35-11-13-36(14-12-35)54-34(4)62-31-78-54)49-25-52(66-77-49)74-19-7-10-50-60-26-43(27-61-50)75-41-22-42(23-41)76-51-20-37(17-18-59-51)69-38-15-16-39(69)29-67(28-38)46-24-45(64-65-55(46)58)44-8-5-6-9-48(44)71/h5-6,8-9,11-14,17-18,20,24-27,31-33,38-42,47,53,70-71H,15-16,19,21-23,28-30H2,1-4H3,(H2,58,65)(H,63,72)/t33-,38+,39?,40+,41?,42?,47-,53+/m0/s1. The number of β-amino-alcohol motifs (C(OH)–C–C–N with tert-alkyl or cyclic N) is 1. The van der Waals surface area contributed by atoms with Gasteiger partial charge >= 0.3 is 0 Å². The fourth-order valence-electron chi connectivity index (χ4n) is 11.0. The fourth-order valence-corrected chi connectivity index (χ4v) is 11.8. The number of hydrogen-bond donors (Lipinski definition) is 4. The average molecular weight is 1070 g/mol. The molecule has 4 aliphatic rings. The average Bonchev–Trinajstić information content (AvgIpc) is 4.28. The summed E-state index contributed by atoms with van der Waals surface area (Å²) in [6.07, 6.45) is 7.56. The first-order chi connectivity index (χ1) is 37.8. The van der Waals surface area contributed by atoms with Crippen molar-refractivity contribution in [2.75, 3.05) is 41.8 Å². The van der Waals surface area contributed by atoms with Crippen molar-refractivity contribution in [1.82, 2.24) is 45.5 Å². The number of piperazine rings is 1. The van der Waals surface area contributed by atoms with E-state index >= 15 is 0 Å². The third kappa shape index (κ3) is 11.1. The van der Waals surface area contributed by atoms with Crippen LogP contribution in [0.2, 0.25) is 0 Å². The number of thiazole rings is 1. The Hall–Kier alpha value is -8.35. The number of likely N-dealkylation sites (tertiary alicyclic amines) is 1. The van der Waals surface area contributed by atoms with Crippen LogP contribution in [0.4, 0.5) is 17.2 Å². The Kier molecular flexibility index (Phi) is 14.8. The number of aliphatic hydroxyl groups is 1. The predicted molar refractivity (Wildman–Crippen MR) is 291 cm³/mol. The van der Waals surface area contributed by atoms with Crippen molar-refractivity contribution in [1.29, 1.82) is 0 Å². The van der Waals surface area contributed by atoms with Crippen molar-refractivity contribution in [3.05, 3.63) is 120 Å². The number of nitrogens with zero attached hydrogens (tertiary/aromatic N) is 10. The number of aliphatic hydroxyl groups excluding tert-OH is 1. The molecule has 8 heterocycles. The summed E-state index contributed by atoms with van der Waals surface area (Å²) in [6.45, 7) is 9.13. The summed E-state index contributed by atoms with van der Waals surface area (Å²) in [6, 6.07) is 21.9. The van der Waals surface area contributed by atoms with Gasteiger partial charge in [0.05, 0.1) is 52.0 Å². The number of fused-ring (bicyclic) bond motifs is 2. The summed E-state index contributed by atoms with van der Waals surface area (Å²) >= 11 is 1.58. The first-order valence-corrected chi connectivity index (χ1v) is 27.1. The highest BCUT2D eigenvalue weighted by Gasteiger charge is 2.44. The molecule has 1 aliphatic carbocycles. The molecular weight excluding hydrogens is 1010 g/mol. The molecule has 21 heteroatoms. The maximum Gasteiger partial charge on any atom is 0.255 e. The summed E-state index contributed by atoms with van der Waals surface area (Å²) in [4.78, 5) is 52.8. The molecule has 4 fully saturated rings. The van der Waals surface area contributed by atoms with Gasteiger partial charge in [-0.05, 0) is 79.1 Å². The summed E-state index contributed by atoms with van der Waals surface area (Å²) in [5.41, 5.74) is 14.2. The van der Waals surface area contributed by atoms with Gasteiger partial charge in [-0.15, -0.1) is 21.5 Å². The number of amides is 2. The minimum absolute atomic E-state index is 0.0162. The Labute approximate surface area is 455 Å². The number of para-hydroxylation sites is 1. The van der Waals surface area contributed by atoms with Crippen LogP contribution in [0.25, 0.3) is 21.7 Å². The van der Waals surface area contributed by atoms with E-state index in [0.717, 1.165) is 59.0 Å². The maximum atomic E-state index is 14.2. The lowest BCUT2D eigenvalue weighted by atomic mass is 9.91. The number of phenolic OH excluding ortho intramolecular Hbond substituents is 1. The molecule has 402 valence electrons. The molecule has 0 radical (unpaired) electrons. The Morgan fingerprint density at radius 1 is 0.897 bits per heavy atom. The van der Waals surface area contributed by atoms with Crippen LogP contribution in [0.5, 0.6) is 23.3 Å². The van der Waals surface area contributed by atoms with E-state index in [1.807, 2.05) is 87.8 Å². The van der Waals surface area contributed by atoms with Gasteiger partial charge in [0.2, 0.25) is 23.5 Å². The molecule has 3 aliphatic heterocycles. The number of pyridine rings is 1.